The van der Waals surface area contributed by atoms with Crippen LogP contribution in [0.15, 0.2) is 40.9 Å². The van der Waals surface area contributed by atoms with Gasteiger partial charge in [0.1, 0.15) is 11.3 Å². The molecule has 1 aromatic heterocycles. The molecule has 0 atom stereocenters. The largest absolute Gasteiger partial charge is 0.398 e. The lowest BCUT2D eigenvalue weighted by Crippen LogP contribution is -1.96. The van der Waals surface area contributed by atoms with E-state index >= 15 is 0 Å². The van der Waals surface area contributed by atoms with Crippen LogP contribution in [-0.4, -0.2) is 9.55 Å². The van der Waals surface area contributed by atoms with Crippen molar-refractivity contribution < 1.29 is 4.39 Å². The SMILES string of the molecule is Cn1c(-c2cc(Br)ccc2N)nc2c(F)cccc21. The zero-order valence-corrected chi connectivity index (χ0v) is 11.8. The maximum absolute atomic E-state index is 13.8. The summed E-state index contributed by atoms with van der Waals surface area (Å²) in [5, 5.41) is 0. The van der Waals surface area contributed by atoms with Crippen LogP contribution in [0.3, 0.4) is 0 Å². The molecular formula is C14H11BrFN3. The summed E-state index contributed by atoms with van der Waals surface area (Å²) in [5.41, 5.74) is 8.49. The summed E-state index contributed by atoms with van der Waals surface area (Å²) in [7, 11) is 1.85. The highest BCUT2D eigenvalue weighted by atomic mass is 79.9. The first-order valence-electron chi connectivity index (χ1n) is 5.74. The van der Waals surface area contributed by atoms with Crippen LogP contribution in [0.25, 0.3) is 22.4 Å². The summed E-state index contributed by atoms with van der Waals surface area (Å²) >= 11 is 3.41. The van der Waals surface area contributed by atoms with E-state index in [-0.39, 0.29) is 5.82 Å². The minimum absolute atomic E-state index is 0.326. The van der Waals surface area contributed by atoms with Gasteiger partial charge < -0.3 is 10.3 Å². The number of nitrogens with zero attached hydrogens (tertiary/aromatic N) is 2. The standard InChI is InChI=1S/C14H11BrFN3/c1-19-12-4-2-3-10(16)13(12)18-14(19)9-7-8(15)5-6-11(9)17/h2-7H,17H2,1H3. The third-order valence-corrected chi connectivity index (χ3v) is 3.61. The summed E-state index contributed by atoms with van der Waals surface area (Å²) in [6.45, 7) is 0. The number of aromatic nitrogens is 2. The van der Waals surface area contributed by atoms with Crippen LogP contribution < -0.4 is 5.73 Å². The Labute approximate surface area is 118 Å². The van der Waals surface area contributed by atoms with Gasteiger partial charge in [-0.15, -0.1) is 0 Å². The van der Waals surface area contributed by atoms with Gasteiger partial charge in [-0.1, -0.05) is 22.0 Å². The van der Waals surface area contributed by atoms with Gasteiger partial charge in [0.2, 0.25) is 0 Å². The summed E-state index contributed by atoms with van der Waals surface area (Å²) in [6, 6.07) is 10.5. The van der Waals surface area contributed by atoms with Crippen molar-refractivity contribution in [1.29, 1.82) is 0 Å². The zero-order chi connectivity index (χ0) is 13.6. The highest BCUT2D eigenvalue weighted by Crippen LogP contribution is 2.31. The van der Waals surface area contributed by atoms with Crippen LogP contribution in [0.1, 0.15) is 0 Å². The topological polar surface area (TPSA) is 43.8 Å². The lowest BCUT2D eigenvalue weighted by Gasteiger charge is -2.06. The molecule has 2 N–H and O–H groups in total. The number of hydrogen-bond acceptors (Lipinski definition) is 2. The molecule has 3 nitrogen and oxygen atoms in total. The second kappa shape index (κ2) is 4.35. The molecule has 0 bridgehead atoms. The lowest BCUT2D eigenvalue weighted by atomic mass is 10.2. The predicted octanol–water partition coefficient (Wildman–Crippen LogP) is 3.72. The van der Waals surface area contributed by atoms with Gasteiger partial charge in [0.25, 0.3) is 0 Å². The van der Waals surface area contributed by atoms with E-state index in [1.165, 1.54) is 6.07 Å². The molecule has 1 heterocycles. The van der Waals surface area contributed by atoms with Gasteiger partial charge in [-0.3, -0.25) is 0 Å². The summed E-state index contributed by atoms with van der Waals surface area (Å²) < 4.78 is 16.5. The van der Waals surface area contributed by atoms with Crippen LogP contribution in [0.2, 0.25) is 0 Å². The Morgan fingerprint density at radius 2 is 2.05 bits per heavy atom. The first-order valence-corrected chi connectivity index (χ1v) is 6.53. The highest BCUT2D eigenvalue weighted by Gasteiger charge is 2.14. The molecule has 0 amide bonds. The second-order valence-electron chi connectivity index (χ2n) is 4.33. The average molecular weight is 320 g/mol. The number of nitrogen functional groups attached to an aromatic ring is 1. The molecule has 0 unspecified atom stereocenters. The molecule has 3 rings (SSSR count). The Hall–Kier alpha value is -1.88. The van der Waals surface area contributed by atoms with Crippen LogP contribution >= 0.6 is 15.9 Å². The quantitative estimate of drug-likeness (QED) is 0.695. The zero-order valence-electron chi connectivity index (χ0n) is 10.2. The van der Waals surface area contributed by atoms with Crippen molar-refractivity contribution >= 4 is 32.7 Å². The van der Waals surface area contributed by atoms with E-state index < -0.39 is 0 Å². The normalized spacial score (nSPS) is 11.1. The van der Waals surface area contributed by atoms with Crippen LogP contribution in [0, 0.1) is 5.82 Å². The number of imidazole rings is 1. The van der Waals surface area contributed by atoms with Crippen molar-refractivity contribution in [1.82, 2.24) is 9.55 Å². The molecule has 0 spiro atoms. The average Bonchev–Trinajstić information content (AvgIpc) is 2.72. The molecule has 0 saturated carbocycles. The second-order valence-corrected chi connectivity index (χ2v) is 5.25. The smallest absolute Gasteiger partial charge is 0.151 e. The number of para-hydroxylation sites is 1. The van der Waals surface area contributed by atoms with Crippen molar-refractivity contribution in [3.05, 3.63) is 46.7 Å². The number of rotatable bonds is 1. The van der Waals surface area contributed by atoms with Crippen molar-refractivity contribution in [2.45, 2.75) is 0 Å². The van der Waals surface area contributed by atoms with Gasteiger partial charge in [-0.2, -0.15) is 0 Å². The molecule has 2 aromatic carbocycles. The van der Waals surface area contributed by atoms with Gasteiger partial charge in [0.15, 0.2) is 5.82 Å². The molecule has 5 heteroatoms. The van der Waals surface area contributed by atoms with Gasteiger partial charge in [0.05, 0.1) is 5.52 Å². The van der Waals surface area contributed by atoms with Crippen molar-refractivity contribution in [3.8, 4) is 11.4 Å². The minimum Gasteiger partial charge on any atom is -0.398 e. The fourth-order valence-electron chi connectivity index (χ4n) is 2.14. The Kier molecular flexibility index (Phi) is 2.78. The third-order valence-electron chi connectivity index (χ3n) is 3.12. The molecule has 0 fully saturated rings. The number of hydrogen-bond donors (Lipinski definition) is 1. The van der Waals surface area contributed by atoms with Crippen molar-refractivity contribution in [2.75, 3.05) is 5.73 Å². The highest BCUT2D eigenvalue weighted by molar-refractivity contribution is 9.10. The number of aryl methyl sites for hydroxylation is 1. The monoisotopic (exact) mass is 319 g/mol. The first kappa shape index (κ1) is 12.2. The van der Waals surface area contributed by atoms with Gasteiger partial charge in [-0.25, -0.2) is 9.37 Å². The van der Waals surface area contributed by atoms with E-state index in [4.69, 9.17) is 5.73 Å². The summed E-state index contributed by atoms with van der Waals surface area (Å²) in [6.07, 6.45) is 0. The number of fused-ring (bicyclic) bond motifs is 1. The first-order chi connectivity index (χ1) is 9.08. The fraction of sp³-hybridized carbons (Fsp3) is 0.0714. The van der Waals surface area contributed by atoms with Crippen LogP contribution in [-0.2, 0) is 7.05 Å². The van der Waals surface area contributed by atoms with E-state index in [1.54, 1.807) is 12.1 Å². The molecule has 0 aliphatic carbocycles. The summed E-state index contributed by atoms with van der Waals surface area (Å²) in [4.78, 5) is 4.37. The Morgan fingerprint density at radius 1 is 1.26 bits per heavy atom. The maximum atomic E-state index is 13.8. The van der Waals surface area contributed by atoms with E-state index in [1.807, 2.05) is 29.8 Å². The lowest BCUT2D eigenvalue weighted by molar-refractivity contribution is 0.637. The molecule has 3 aromatic rings. The van der Waals surface area contributed by atoms with Gasteiger partial charge in [-0.05, 0) is 30.3 Å². The van der Waals surface area contributed by atoms with E-state index in [0.29, 0.717) is 17.0 Å². The molecule has 19 heavy (non-hydrogen) atoms. The van der Waals surface area contributed by atoms with Crippen molar-refractivity contribution in [3.63, 3.8) is 0 Å². The summed E-state index contributed by atoms with van der Waals surface area (Å²) in [5.74, 6) is 0.326. The molecule has 0 radical (unpaired) electrons. The van der Waals surface area contributed by atoms with Gasteiger partial charge in [0, 0.05) is 22.8 Å². The number of benzene rings is 2. The maximum Gasteiger partial charge on any atom is 0.151 e. The predicted molar refractivity (Wildman–Crippen MR) is 78.2 cm³/mol. The molecule has 0 saturated heterocycles. The minimum atomic E-state index is -0.326. The Bertz CT molecular complexity index is 780. The Balaban J connectivity index is 2.34. The van der Waals surface area contributed by atoms with E-state index in [0.717, 1.165) is 15.6 Å². The molecule has 96 valence electrons. The number of anilines is 1. The fourth-order valence-corrected chi connectivity index (χ4v) is 2.50. The molecule has 0 aliphatic rings. The van der Waals surface area contributed by atoms with Crippen LogP contribution in [0.5, 0.6) is 0 Å². The van der Waals surface area contributed by atoms with Gasteiger partial charge >= 0.3 is 0 Å². The molecular weight excluding hydrogens is 309 g/mol. The Morgan fingerprint density at radius 3 is 2.79 bits per heavy atom. The number of nitrogens with two attached hydrogens (primary N) is 1. The van der Waals surface area contributed by atoms with E-state index in [9.17, 15) is 4.39 Å². The van der Waals surface area contributed by atoms with E-state index in [2.05, 4.69) is 20.9 Å². The number of halogens is 2. The van der Waals surface area contributed by atoms with Crippen LogP contribution in [0.4, 0.5) is 10.1 Å². The molecule has 0 aliphatic heterocycles. The van der Waals surface area contributed by atoms with Crippen molar-refractivity contribution in [2.24, 2.45) is 7.05 Å². The third kappa shape index (κ3) is 1.90.